The van der Waals surface area contributed by atoms with Crippen molar-refractivity contribution >= 4 is 35.1 Å². The third-order valence-electron chi connectivity index (χ3n) is 3.92. The van der Waals surface area contributed by atoms with Crippen LogP contribution in [0, 0.1) is 5.92 Å². The third kappa shape index (κ3) is 5.59. The highest BCUT2D eigenvalue weighted by Gasteiger charge is 2.26. The van der Waals surface area contributed by atoms with Gasteiger partial charge >= 0.3 is 5.97 Å². The molecular formula is C16H19Cl2NO4. The summed E-state index contributed by atoms with van der Waals surface area (Å²) in [6, 6.07) is 4.97. The van der Waals surface area contributed by atoms with Crippen LogP contribution in [0.1, 0.15) is 32.1 Å². The summed E-state index contributed by atoms with van der Waals surface area (Å²) in [5, 5.41) is 12.8. The van der Waals surface area contributed by atoms with Crippen molar-refractivity contribution in [2.75, 3.05) is 6.61 Å². The lowest BCUT2D eigenvalue weighted by Gasteiger charge is -2.26. The van der Waals surface area contributed by atoms with Crippen LogP contribution in [0.25, 0.3) is 0 Å². The molecule has 7 heteroatoms. The second-order valence-electron chi connectivity index (χ2n) is 5.63. The standard InChI is InChI=1S/C16H19Cl2NO4/c17-11-3-6-14(13(18)9-11)23-8-7-15(20)19-12-4-1-10(2-5-12)16(21)22/h3,6,9-10,12H,1-2,4-5,7-8H2,(H,19,20)(H,21,22). The molecule has 1 aliphatic carbocycles. The van der Waals surface area contributed by atoms with Gasteiger partial charge in [0.05, 0.1) is 24.0 Å². The van der Waals surface area contributed by atoms with Crippen molar-refractivity contribution in [3.05, 3.63) is 28.2 Å². The highest BCUT2D eigenvalue weighted by molar-refractivity contribution is 6.35. The zero-order chi connectivity index (χ0) is 16.8. The van der Waals surface area contributed by atoms with Crippen LogP contribution in [0.3, 0.4) is 0 Å². The van der Waals surface area contributed by atoms with Crippen LogP contribution in [0.4, 0.5) is 0 Å². The first-order valence-corrected chi connectivity index (χ1v) is 8.31. The number of amides is 1. The van der Waals surface area contributed by atoms with E-state index >= 15 is 0 Å². The van der Waals surface area contributed by atoms with E-state index in [2.05, 4.69) is 5.32 Å². The SMILES string of the molecule is O=C(CCOc1ccc(Cl)cc1Cl)NC1CCC(C(=O)O)CC1. The fourth-order valence-electron chi connectivity index (χ4n) is 2.63. The van der Waals surface area contributed by atoms with Crippen LogP contribution in [0.5, 0.6) is 5.75 Å². The van der Waals surface area contributed by atoms with E-state index in [0.29, 0.717) is 41.5 Å². The van der Waals surface area contributed by atoms with Crippen molar-refractivity contribution < 1.29 is 19.4 Å². The predicted molar refractivity (Wildman–Crippen MR) is 88.1 cm³/mol. The van der Waals surface area contributed by atoms with Crippen molar-refractivity contribution in [3.8, 4) is 5.75 Å². The molecule has 1 aliphatic rings. The molecule has 0 heterocycles. The third-order valence-corrected chi connectivity index (χ3v) is 4.45. The van der Waals surface area contributed by atoms with Gasteiger partial charge in [0.2, 0.25) is 5.91 Å². The van der Waals surface area contributed by atoms with Crippen LogP contribution in [0.2, 0.25) is 10.0 Å². The summed E-state index contributed by atoms with van der Waals surface area (Å²) in [5.41, 5.74) is 0. The van der Waals surface area contributed by atoms with Gasteiger partial charge in [0.1, 0.15) is 5.75 Å². The molecule has 1 amide bonds. The zero-order valence-electron chi connectivity index (χ0n) is 12.6. The molecule has 0 saturated heterocycles. The van der Waals surface area contributed by atoms with Crippen LogP contribution < -0.4 is 10.1 Å². The lowest BCUT2D eigenvalue weighted by Crippen LogP contribution is -2.39. The summed E-state index contributed by atoms with van der Waals surface area (Å²) in [6.45, 7) is 0.220. The maximum absolute atomic E-state index is 11.9. The van der Waals surface area contributed by atoms with Gasteiger partial charge in [-0.1, -0.05) is 23.2 Å². The first kappa shape index (κ1) is 17.9. The number of halogens is 2. The van der Waals surface area contributed by atoms with Crippen LogP contribution >= 0.6 is 23.2 Å². The Morgan fingerprint density at radius 1 is 1.22 bits per heavy atom. The number of rotatable bonds is 6. The molecule has 1 saturated carbocycles. The summed E-state index contributed by atoms with van der Waals surface area (Å²) in [6.07, 6.45) is 2.84. The fourth-order valence-corrected chi connectivity index (χ4v) is 3.09. The molecule has 1 aromatic rings. The van der Waals surface area contributed by atoms with E-state index in [9.17, 15) is 9.59 Å². The summed E-state index contributed by atoms with van der Waals surface area (Å²) >= 11 is 11.8. The van der Waals surface area contributed by atoms with Gasteiger partial charge in [0.25, 0.3) is 0 Å². The number of hydrogen-bond acceptors (Lipinski definition) is 3. The molecule has 0 atom stereocenters. The molecule has 2 rings (SSSR count). The summed E-state index contributed by atoms with van der Waals surface area (Å²) in [4.78, 5) is 22.8. The summed E-state index contributed by atoms with van der Waals surface area (Å²) in [5.74, 6) is -0.638. The van der Waals surface area contributed by atoms with Crippen LogP contribution in [0.15, 0.2) is 18.2 Å². The van der Waals surface area contributed by atoms with E-state index in [0.717, 1.165) is 0 Å². The Morgan fingerprint density at radius 2 is 1.91 bits per heavy atom. The Hall–Kier alpha value is -1.46. The van der Waals surface area contributed by atoms with Gasteiger partial charge in [-0.05, 0) is 43.9 Å². The minimum absolute atomic E-state index is 0.0530. The number of carboxylic acids is 1. The number of nitrogens with one attached hydrogen (secondary N) is 1. The Morgan fingerprint density at radius 3 is 2.52 bits per heavy atom. The van der Waals surface area contributed by atoms with Gasteiger partial charge in [-0.2, -0.15) is 0 Å². The van der Waals surface area contributed by atoms with Crippen molar-refractivity contribution in [3.63, 3.8) is 0 Å². The van der Waals surface area contributed by atoms with E-state index < -0.39 is 5.97 Å². The van der Waals surface area contributed by atoms with Crippen molar-refractivity contribution in [1.82, 2.24) is 5.32 Å². The highest BCUT2D eigenvalue weighted by Crippen LogP contribution is 2.27. The molecule has 1 aromatic carbocycles. The average molecular weight is 360 g/mol. The van der Waals surface area contributed by atoms with E-state index in [4.69, 9.17) is 33.0 Å². The second-order valence-corrected chi connectivity index (χ2v) is 6.47. The van der Waals surface area contributed by atoms with Gasteiger partial charge in [-0.15, -0.1) is 0 Å². The van der Waals surface area contributed by atoms with Gasteiger partial charge in [0.15, 0.2) is 0 Å². The van der Waals surface area contributed by atoms with Gasteiger partial charge < -0.3 is 15.2 Å². The number of carbonyl (C=O) groups excluding carboxylic acids is 1. The minimum atomic E-state index is -0.747. The lowest BCUT2D eigenvalue weighted by atomic mass is 9.86. The molecule has 0 bridgehead atoms. The van der Waals surface area contributed by atoms with Crippen LogP contribution in [-0.2, 0) is 9.59 Å². The molecule has 1 fully saturated rings. The number of carboxylic acid groups (broad SMARTS) is 1. The molecular weight excluding hydrogens is 341 g/mol. The monoisotopic (exact) mass is 359 g/mol. The lowest BCUT2D eigenvalue weighted by molar-refractivity contribution is -0.142. The number of ether oxygens (including phenoxy) is 1. The van der Waals surface area contributed by atoms with Crippen LogP contribution in [-0.4, -0.2) is 29.6 Å². The van der Waals surface area contributed by atoms with Crippen molar-refractivity contribution in [1.29, 1.82) is 0 Å². The summed E-state index contributed by atoms with van der Waals surface area (Å²) in [7, 11) is 0. The molecule has 2 N–H and O–H groups in total. The molecule has 5 nitrogen and oxygen atoms in total. The van der Waals surface area contributed by atoms with Gasteiger partial charge in [-0.3, -0.25) is 9.59 Å². The van der Waals surface area contributed by atoms with Crippen molar-refractivity contribution in [2.45, 2.75) is 38.1 Å². The Labute approximate surface area is 144 Å². The second kappa shape index (κ2) is 8.41. The normalized spacial score (nSPS) is 20.8. The number of carbonyl (C=O) groups is 2. The first-order valence-electron chi connectivity index (χ1n) is 7.55. The molecule has 0 aliphatic heterocycles. The molecule has 126 valence electrons. The maximum Gasteiger partial charge on any atom is 0.306 e. The highest BCUT2D eigenvalue weighted by atomic mass is 35.5. The molecule has 0 spiro atoms. The zero-order valence-corrected chi connectivity index (χ0v) is 14.1. The van der Waals surface area contributed by atoms with Gasteiger partial charge in [-0.25, -0.2) is 0 Å². The quantitative estimate of drug-likeness (QED) is 0.814. The number of hydrogen-bond donors (Lipinski definition) is 2. The molecule has 23 heavy (non-hydrogen) atoms. The largest absolute Gasteiger partial charge is 0.491 e. The maximum atomic E-state index is 11.9. The van der Waals surface area contributed by atoms with Crippen molar-refractivity contribution in [2.24, 2.45) is 5.92 Å². The van der Waals surface area contributed by atoms with E-state index in [1.165, 1.54) is 0 Å². The Bertz CT molecular complexity index is 571. The Kier molecular flexibility index (Phi) is 6.54. The van der Waals surface area contributed by atoms with E-state index in [-0.39, 0.29) is 30.9 Å². The molecule has 0 aromatic heterocycles. The average Bonchev–Trinajstić information content (AvgIpc) is 2.50. The Balaban J connectivity index is 1.68. The number of benzene rings is 1. The molecule has 0 radical (unpaired) electrons. The fraction of sp³-hybridized carbons (Fsp3) is 0.500. The number of aliphatic carboxylic acids is 1. The van der Waals surface area contributed by atoms with Gasteiger partial charge in [0, 0.05) is 11.1 Å². The minimum Gasteiger partial charge on any atom is -0.491 e. The molecule has 0 unspecified atom stereocenters. The summed E-state index contributed by atoms with van der Waals surface area (Å²) < 4.78 is 5.47. The van der Waals surface area contributed by atoms with E-state index in [1.54, 1.807) is 18.2 Å². The topological polar surface area (TPSA) is 75.6 Å². The predicted octanol–water partition coefficient (Wildman–Crippen LogP) is 3.52. The van der Waals surface area contributed by atoms with E-state index in [1.807, 2.05) is 0 Å². The smallest absolute Gasteiger partial charge is 0.306 e. The first-order chi connectivity index (χ1) is 11.0.